The SMILES string of the molecule is CCC(CC)N(CCO)C(=O)c1ccc(C)[nH]c1=O. The number of pyridine rings is 1. The molecule has 0 unspecified atom stereocenters. The topological polar surface area (TPSA) is 73.4 Å². The van der Waals surface area contributed by atoms with Crippen LogP contribution >= 0.6 is 0 Å². The summed E-state index contributed by atoms with van der Waals surface area (Å²) in [7, 11) is 0. The minimum Gasteiger partial charge on any atom is -0.395 e. The number of carbonyl (C=O) groups excluding carboxylic acids is 1. The molecule has 1 rings (SSSR count). The second kappa shape index (κ2) is 7.09. The highest BCUT2D eigenvalue weighted by Crippen LogP contribution is 2.11. The number of aromatic amines is 1. The molecule has 0 aliphatic heterocycles. The van der Waals surface area contributed by atoms with E-state index in [9.17, 15) is 9.59 Å². The maximum atomic E-state index is 12.4. The Labute approximate surface area is 113 Å². The molecule has 0 radical (unpaired) electrons. The average molecular weight is 266 g/mol. The fourth-order valence-corrected chi connectivity index (χ4v) is 2.18. The molecule has 0 atom stereocenters. The smallest absolute Gasteiger partial charge is 0.260 e. The van der Waals surface area contributed by atoms with Crippen molar-refractivity contribution in [2.45, 2.75) is 39.7 Å². The summed E-state index contributed by atoms with van der Waals surface area (Å²) >= 11 is 0. The lowest BCUT2D eigenvalue weighted by Gasteiger charge is -2.29. The molecular formula is C14H22N2O3. The van der Waals surface area contributed by atoms with E-state index in [1.807, 2.05) is 13.8 Å². The summed E-state index contributed by atoms with van der Waals surface area (Å²) < 4.78 is 0. The number of carbonyl (C=O) groups is 1. The van der Waals surface area contributed by atoms with Crippen LogP contribution in [0.3, 0.4) is 0 Å². The first-order chi connectivity index (χ1) is 9.04. The van der Waals surface area contributed by atoms with Crippen LogP contribution in [0.25, 0.3) is 0 Å². The van der Waals surface area contributed by atoms with Crippen LogP contribution in [0.15, 0.2) is 16.9 Å². The van der Waals surface area contributed by atoms with E-state index in [2.05, 4.69) is 4.98 Å². The summed E-state index contributed by atoms with van der Waals surface area (Å²) in [5.74, 6) is -0.316. The summed E-state index contributed by atoms with van der Waals surface area (Å²) in [4.78, 5) is 28.5. The molecule has 106 valence electrons. The lowest BCUT2D eigenvalue weighted by atomic mass is 10.1. The minimum atomic E-state index is -0.376. The Morgan fingerprint density at radius 2 is 2.00 bits per heavy atom. The molecule has 0 aliphatic rings. The number of aryl methyl sites for hydroxylation is 1. The quantitative estimate of drug-likeness (QED) is 0.815. The van der Waals surface area contributed by atoms with Gasteiger partial charge in [0.15, 0.2) is 0 Å². The van der Waals surface area contributed by atoms with Gasteiger partial charge in [-0.3, -0.25) is 9.59 Å². The van der Waals surface area contributed by atoms with Gasteiger partial charge in [-0.05, 0) is 31.9 Å². The minimum absolute atomic E-state index is 0.0420. The van der Waals surface area contributed by atoms with Gasteiger partial charge in [0.05, 0.1) is 6.61 Å². The van der Waals surface area contributed by atoms with Gasteiger partial charge in [-0.2, -0.15) is 0 Å². The lowest BCUT2D eigenvalue weighted by Crippen LogP contribution is -2.43. The summed E-state index contributed by atoms with van der Waals surface area (Å²) in [6, 6.07) is 3.29. The molecule has 0 fully saturated rings. The van der Waals surface area contributed by atoms with Crippen molar-refractivity contribution in [1.82, 2.24) is 9.88 Å². The standard InChI is InChI=1S/C14H22N2O3/c1-4-11(5-2)16(8-9-17)14(19)12-7-6-10(3)15-13(12)18/h6-7,11,17H,4-5,8-9H2,1-3H3,(H,15,18). The van der Waals surface area contributed by atoms with E-state index in [0.29, 0.717) is 0 Å². The van der Waals surface area contributed by atoms with Crippen molar-refractivity contribution in [3.8, 4) is 0 Å². The Balaban J connectivity index is 3.08. The molecule has 0 bridgehead atoms. The maximum Gasteiger partial charge on any atom is 0.260 e. The number of aromatic nitrogens is 1. The Bertz CT molecular complexity index is 478. The average Bonchev–Trinajstić information content (AvgIpc) is 2.38. The number of aliphatic hydroxyl groups is 1. The third-order valence-electron chi connectivity index (χ3n) is 3.27. The van der Waals surface area contributed by atoms with Crippen LogP contribution in [0.5, 0.6) is 0 Å². The zero-order valence-electron chi connectivity index (χ0n) is 11.8. The first-order valence-corrected chi connectivity index (χ1v) is 6.66. The number of amides is 1. The molecule has 5 heteroatoms. The van der Waals surface area contributed by atoms with Crippen molar-refractivity contribution in [3.05, 3.63) is 33.7 Å². The van der Waals surface area contributed by atoms with Crippen molar-refractivity contribution in [3.63, 3.8) is 0 Å². The monoisotopic (exact) mass is 266 g/mol. The Kier molecular flexibility index (Phi) is 5.76. The van der Waals surface area contributed by atoms with Gasteiger partial charge in [0, 0.05) is 18.3 Å². The van der Waals surface area contributed by atoms with E-state index < -0.39 is 0 Å². The normalized spacial score (nSPS) is 10.8. The second-order valence-electron chi connectivity index (χ2n) is 4.58. The van der Waals surface area contributed by atoms with Crippen molar-refractivity contribution in [2.75, 3.05) is 13.2 Å². The molecule has 5 nitrogen and oxygen atoms in total. The largest absolute Gasteiger partial charge is 0.395 e. The molecular weight excluding hydrogens is 244 g/mol. The fraction of sp³-hybridized carbons (Fsp3) is 0.571. The predicted octanol–water partition coefficient (Wildman–Crippen LogP) is 1.31. The van der Waals surface area contributed by atoms with E-state index in [1.165, 1.54) is 0 Å². The Hall–Kier alpha value is -1.62. The van der Waals surface area contributed by atoms with E-state index in [4.69, 9.17) is 5.11 Å². The van der Waals surface area contributed by atoms with Crippen LogP contribution in [0, 0.1) is 6.92 Å². The third-order valence-corrected chi connectivity index (χ3v) is 3.27. The van der Waals surface area contributed by atoms with E-state index >= 15 is 0 Å². The molecule has 19 heavy (non-hydrogen) atoms. The lowest BCUT2D eigenvalue weighted by molar-refractivity contribution is 0.0620. The number of nitrogens with one attached hydrogen (secondary N) is 1. The molecule has 2 N–H and O–H groups in total. The van der Waals surface area contributed by atoms with E-state index in [0.717, 1.165) is 18.5 Å². The highest BCUT2D eigenvalue weighted by molar-refractivity contribution is 5.94. The number of hydrogen-bond donors (Lipinski definition) is 2. The maximum absolute atomic E-state index is 12.4. The van der Waals surface area contributed by atoms with Gasteiger partial charge >= 0.3 is 0 Å². The first-order valence-electron chi connectivity index (χ1n) is 6.66. The Morgan fingerprint density at radius 3 is 2.47 bits per heavy atom. The molecule has 0 saturated heterocycles. The van der Waals surface area contributed by atoms with Crippen LogP contribution in [-0.2, 0) is 0 Å². The van der Waals surface area contributed by atoms with Crippen LogP contribution in [0.1, 0.15) is 42.7 Å². The summed E-state index contributed by atoms with van der Waals surface area (Å²) in [6.07, 6.45) is 1.60. The Morgan fingerprint density at radius 1 is 1.37 bits per heavy atom. The summed E-state index contributed by atoms with van der Waals surface area (Å²) in [5, 5.41) is 9.11. The van der Waals surface area contributed by atoms with E-state index in [-0.39, 0.29) is 36.2 Å². The van der Waals surface area contributed by atoms with Gasteiger partial charge in [-0.15, -0.1) is 0 Å². The van der Waals surface area contributed by atoms with Crippen LogP contribution in [-0.4, -0.2) is 40.1 Å². The number of nitrogens with zero attached hydrogens (tertiary/aromatic N) is 1. The van der Waals surface area contributed by atoms with Crippen molar-refractivity contribution in [2.24, 2.45) is 0 Å². The van der Waals surface area contributed by atoms with Crippen molar-refractivity contribution in [1.29, 1.82) is 0 Å². The summed E-state index contributed by atoms with van der Waals surface area (Å²) in [5.41, 5.74) is 0.475. The molecule has 1 heterocycles. The molecule has 0 aromatic carbocycles. The molecule has 1 aromatic heterocycles. The van der Waals surface area contributed by atoms with Crippen molar-refractivity contribution >= 4 is 5.91 Å². The fourth-order valence-electron chi connectivity index (χ4n) is 2.18. The zero-order chi connectivity index (χ0) is 14.4. The molecule has 1 aromatic rings. The van der Waals surface area contributed by atoms with Gasteiger partial charge in [-0.1, -0.05) is 13.8 Å². The number of rotatable bonds is 6. The number of aliphatic hydroxyl groups excluding tert-OH is 1. The van der Waals surface area contributed by atoms with E-state index in [1.54, 1.807) is 24.0 Å². The molecule has 1 amide bonds. The van der Waals surface area contributed by atoms with Crippen LogP contribution in [0.2, 0.25) is 0 Å². The van der Waals surface area contributed by atoms with Gasteiger partial charge < -0.3 is 15.0 Å². The molecule has 0 saturated carbocycles. The van der Waals surface area contributed by atoms with Gasteiger partial charge in [0.1, 0.15) is 5.56 Å². The summed E-state index contributed by atoms with van der Waals surface area (Å²) in [6.45, 7) is 5.89. The first kappa shape index (κ1) is 15.4. The third kappa shape index (κ3) is 3.67. The highest BCUT2D eigenvalue weighted by Gasteiger charge is 2.23. The predicted molar refractivity (Wildman–Crippen MR) is 74.3 cm³/mol. The van der Waals surface area contributed by atoms with Gasteiger partial charge in [0.25, 0.3) is 11.5 Å². The van der Waals surface area contributed by atoms with Crippen LogP contribution in [0.4, 0.5) is 0 Å². The van der Waals surface area contributed by atoms with Crippen molar-refractivity contribution < 1.29 is 9.90 Å². The molecule has 0 aliphatic carbocycles. The highest BCUT2D eigenvalue weighted by atomic mass is 16.3. The second-order valence-corrected chi connectivity index (χ2v) is 4.58. The number of hydrogen-bond acceptors (Lipinski definition) is 3. The van der Waals surface area contributed by atoms with Crippen LogP contribution < -0.4 is 5.56 Å². The molecule has 0 spiro atoms. The number of H-pyrrole nitrogens is 1. The zero-order valence-corrected chi connectivity index (χ0v) is 11.8. The van der Waals surface area contributed by atoms with Gasteiger partial charge in [0.2, 0.25) is 0 Å². The van der Waals surface area contributed by atoms with Gasteiger partial charge in [-0.25, -0.2) is 0 Å².